The van der Waals surface area contributed by atoms with Crippen LogP contribution >= 0.6 is 27.3 Å². The maximum atomic E-state index is 12.6. The largest absolute Gasteiger partial charge is 0.335 e. The molecule has 3 heterocycles. The molecule has 0 spiro atoms. The smallest absolute Gasteiger partial charge is 0.252 e. The van der Waals surface area contributed by atoms with E-state index in [0.717, 1.165) is 29.0 Å². The molecule has 0 aliphatic carbocycles. The van der Waals surface area contributed by atoms with Gasteiger partial charge >= 0.3 is 0 Å². The van der Waals surface area contributed by atoms with E-state index in [1.54, 1.807) is 16.4 Å². The first kappa shape index (κ1) is 16.2. The summed E-state index contributed by atoms with van der Waals surface area (Å²) < 4.78 is 30.2. The lowest BCUT2D eigenvalue weighted by Gasteiger charge is -2.31. The standard InChI is InChI=1S/C14H18BrN3O2S2/c1-11-16-6-9-17(11)10-12-4-7-18(8-5-12)22(19,20)14-3-2-13(15)21-14/h2-3,6,9,12H,4-5,7-8,10H2,1H3. The molecule has 0 atom stereocenters. The average Bonchev–Trinajstić information content (AvgIpc) is 3.09. The van der Waals surface area contributed by atoms with Gasteiger partial charge < -0.3 is 4.57 Å². The summed E-state index contributed by atoms with van der Waals surface area (Å²) in [4.78, 5) is 4.23. The Balaban J connectivity index is 1.63. The molecular weight excluding hydrogens is 386 g/mol. The normalized spacial score (nSPS) is 17.9. The minimum atomic E-state index is -3.33. The fourth-order valence-electron chi connectivity index (χ4n) is 2.77. The van der Waals surface area contributed by atoms with E-state index in [1.165, 1.54) is 11.3 Å². The van der Waals surface area contributed by atoms with Crippen LogP contribution in [0.1, 0.15) is 18.7 Å². The van der Waals surface area contributed by atoms with E-state index < -0.39 is 10.0 Å². The van der Waals surface area contributed by atoms with Gasteiger partial charge in [0.2, 0.25) is 0 Å². The number of thiophene rings is 1. The molecule has 0 saturated carbocycles. The number of sulfonamides is 1. The predicted molar refractivity (Wildman–Crippen MR) is 90.5 cm³/mol. The van der Waals surface area contributed by atoms with Crippen LogP contribution in [0.25, 0.3) is 0 Å². The van der Waals surface area contributed by atoms with Gasteiger partial charge in [-0.05, 0) is 53.7 Å². The summed E-state index contributed by atoms with van der Waals surface area (Å²) in [5.41, 5.74) is 0. The van der Waals surface area contributed by atoms with Gasteiger partial charge in [0.05, 0.1) is 3.79 Å². The van der Waals surface area contributed by atoms with Gasteiger partial charge in [-0.3, -0.25) is 0 Å². The highest BCUT2D eigenvalue weighted by Crippen LogP contribution is 2.31. The van der Waals surface area contributed by atoms with Crippen LogP contribution in [-0.4, -0.2) is 35.4 Å². The number of aromatic nitrogens is 2. The molecule has 2 aromatic heterocycles. The van der Waals surface area contributed by atoms with Crippen LogP contribution in [0.4, 0.5) is 0 Å². The van der Waals surface area contributed by atoms with Crippen LogP contribution in [0.5, 0.6) is 0 Å². The molecular formula is C14H18BrN3O2S2. The van der Waals surface area contributed by atoms with E-state index in [1.807, 2.05) is 19.3 Å². The fraction of sp³-hybridized carbons (Fsp3) is 0.500. The van der Waals surface area contributed by atoms with Gasteiger partial charge in [-0.1, -0.05) is 0 Å². The summed E-state index contributed by atoms with van der Waals surface area (Å²) in [6.45, 7) is 4.10. The first-order valence-corrected chi connectivity index (χ1v) is 10.2. The van der Waals surface area contributed by atoms with Gasteiger partial charge in [0, 0.05) is 32.0 Å². The Hall–Kier alpha value is -0.700. The number of piperidine rings is 1. The summed E-state index contributed by atoms with van der Waals surface area (Å²) in [6, 6.07) is 3.46. The molecule has 2 aromatic rings. The molecule has 5 nitrogen and oxygen atoms in total. The summed E-state index contributed by atoms with van der Waals surface area (Å²) >= 11 is 4.59. The highest BCUT2D eigenvalue weighted by atomic mass is 79.9. The van der Waals surface area contributed by atoms with Crippen molar-refractivity contribution < 1.29 is 8.42 Å². The van der Waals surface area contributed by atoms with Crippen molar-refractivity contribution in [3.8, 4) is 0 Å². The lowest BCUT2D eigenvalue weighted by Crippen LogP contribution is -2.39. The Bertz CT molecular complexity index is 746. The highest BCUT2D eigenvalue weighted by Gasteiger charge is 2.30. The third-order valence-electron chi connectivity index (χ3n) is 4.09. The van der Waals surface area contributed by atoms with Crippen LogP contribution in [0.3, 0.4) is 0 Å². The Labute approximate surface area is 143 Å². The van der Waals surface area contributed by atoms with Gasteiger partial charge in [0.15, 0.2) is 0 Å². The maximum Gasteiger partial charge on any atom is 0.252 e. The third kappa shape index (κ3) is 3.29. The minimum Gasteiger partial charge on any atom is -0.335 e. The molecule has 0 unspecified atom stereocenters. The molecule has 1 saturated heterocycles. The van der Waals surface area contributed by atoms with Crippen LogP contribution in [-0.2, 0) is 16.6 Å². The SMILES string of the molecule is Cc1nccn1CC1CCN(S(=O)(=O)c2ccc(Br)s2)CC1. The first-order chi connectivity index (χ1) is 10.5. The molecule has 1 aliphatic rings. The van der Waals surface area contributed by atoms with Crippen molar-refractivity contribution in [2.75, 3.05) is 13.1 Å². The molecule has 1 fully saturated rings. The lowest BCUT2D eigenvalue weighted by molar-refractivity contribution is 0.252. The summed E-state index contributed by atoms with van der Waals surface area (Å²) in [6.07, 6.45) is 5.58. The fourth-order valence-corrected chi connectivity index (χ4v) is 6.40. The molecule has 0 aromatic carbocycles. The molecule has 0 radical (unpaired) electrons. The molecule has 0 N–H and O–H groups in total. The topological polar surface area (TPSA) is 55.2 Å². The Morgan fingerprint density at radius 1 is 1.36 bits per heavy atom. The number of hydrogen-bond donors (Lipinski definition) is 0. The molecule has 1 aliphatic heterocycles. The molecule has 0 bridgehead atoms. The zero-order valence-corrected chi connectivity index (χ0v) is 15.5. The van der Waals surface area contributed by atoms with Crippen molar-refractivity contribution in [2.45, 2.75) is 30.5 Å². The van der Waals surface area contributed by atoms with Gasteiger partial charge in [-0.2, -0.15) is 4.31 Å². The second-order valence-electron chi connectivity index (χ2n) is 5.53. The second kappa shape index (κ2) is 6.43. The van der Waals surface area contributed by atoms with Crippen molar-refractivity contribution in [3.05, 3.63) is 34.1 Å². The summed E-state index contributed by atoms with van der Waals surface area (Å²) in [7, 11) is -3.33. The van der Waals surface area contributed by atoms with Gasteiger partial charge in [-0.15, -0.1) is 11.3 Å². The number of hydrogen-bond acceptors (Lipinski definition) is 4. The number of nitrogens with zero attached hydrogens (tertiary/aromatic N) is 3. The predicted octanol–water partition coefficient (Wildman–Crippen LogP) is 3.12. The van der Waals surface area contributed by atoms with Crippen molar-refractivity contribution in [1.29, 1.82) is 0 Å². The Morgan fingerprint density at radius 2 is 2.09 bits per heavy atom. The lowest BCUT2D eigenvalue weighted by atomic mass is 9.98. The van der Waals surface area contributed by atoms with E-state index in [0.29, 0.717) is 23.2 Å². The number of halogens is 1. The monoisotopic (exact) mass is 403 g/mol. The number of rotatable bonds is 4. The average molecular weight is 404 g/mol. The van der Waals surface area contributed by atoms with Crippen molar-refractivity contribution in [3.63, 3.8) is 0 Å². The van der Waals surface area contributed by atoms with Crippen molar-refractivity contribution in [2.24, 2.45) is 5.92 Å². The van der Waals surface area contributed by atoms with Gasteiger partial charge in [0.1, 0.15) is 10.0 Å². The Morgan fingerprint density at radius 3 is 2.64 bits per heavy atom. The van der Waals surface area contributed by atoms with Crippen LogP contribution in [0.15, 0.2) is 32.5 Å². The van der Waals surface area contributed by atoms with Crippen LogP contribution in [0, 0.1) is 12.8 Å². The minimum absolute atomic E-state index is 0.420. The molecule has 3 rings (SSSR count). The molecule has 8 heteroatoms. The van der Waals surface area contributed by atoms with Crippen molar-refractivity contribution >= 4 is 37.3 Å². The van der Waals surface area contributed by atoms with E-state index >= 15 is 0 Å². The van der Waals surface area contributed by atoms with Gasteiger partial charge in [-0.25, -0.2) is 13.4 Å². The maximum absolute atomic E-state index is 12.6. The molecule has 22 heavy (non-hydrogen) atoms. The number of aryl methyl sites for hydroxylation is 1. The van der Waals surface area contributed by atoms with E-state index in [2.05, 4.69) is 25.5 Å². The molecule has 120 valence electrons. The highest BCUT2D eigenvalue weighted by molar-refractivity contribution is 9.11. The summed E-state index contributed by atoms with van der Waals surface area (Å²) in [5.74, 6) is 1.52. The van der Waals surface area contributed by atoms with E-state index in [-0.39, 0.29) is 0 Å². The van der Waals surface area contributed by atoms with E-state index in [4.69, 9.17) is 0 Å². The van der Waals surface area contributed by atoms with Crippen LogP contribution < -0.4 is 0 Å². The van der Waals surface area contributed by atoms with Crippen LogP contribution in [0.2, 0.25) is 0 Å². The second-order valence-corrected chi connectivity index (χ2v) is 10.2. The zero-order valence-electron chi connectivity index (χ0n) is 12.3. The first-order valence-electron chi connectivity index (χ1n) is 7.20. The van der Waals surface area contributed by atoms with Gasteiger partial charge in [0.25, 0.3) is 10.0 Å². The Kier molecular flexibility index (Phi) is 4.72. The van der Waals surface area contributed by atoms with E-state index in [9.17, 15) is 8.42 Å². The zero-order chi connectivity index (χ0) is 15.7. The quantitative estimate of drug-likeness (QED) is 0.787. The molecule has 0 amide bonds. The van der Waals surface area contributed by atoms with Crippen molar-refractivity contribution in [1.82, 2.24) is 13.9 Å². The third-order valence-corrected chi connectivity index (χ3v) is 8.08. The number of imidazole rings is 1. The summed E-state index contributed by atoms with van der Waals surface area (Å²) in [5, 5.41) is 0.